The van der Waals surface area contributed by atoms with Gasteiger partial charge >= 0.3 is 0 Å². The first kappa shape index (κ1) is 30.6. The highest BCUT2D eigenvalue weighted by Gasteiger charge is 2.51. The molecule has 1 atom stereocenters. The fourth-order valence-corrected chi connectivity index (χ4v) is 8.95. The summed E-state index contributed by atoms with van der Waals surface area (Å²) in [5, 5.41) is 6.24. The Morgan fingerprint density at radius 2 is 1.11 bits per heavy atom. The van der Waals surface area contributed by atoms with Crippen LogP contribution in [-0.4, -0.2) is 5.71 Å². The van der Waals surface area contributed by atoms with Crippen molar-refractivity contribution < 1.29 is 4.74 Å². The molecule has 0 bridgehead atoms. The Bertz CT molecular complexity index is 2770. The van der Waals surface area contributed by atoms with Crippen molar-refractivity contribution in [3.05, 3.63) is 233 Å². The van der Waals surface area contributed by atoms with Crippen molar-refractivity contribution in [3.8, 4) is 33.8 Å². The fraction of sp³-hybridized carbons (Fsp3) is 0.0392. The van der Waals surface area contributed by atoms with Gasteiger partial charge in [-0.05, 0) is 85.1 Å². The van der Waals surface area contributed by atoms with E-state index in [4.69, 9.17) is 9.73 Å². The molecule has 3 nitrogen and oxygen atoms in total. The van der Waals surface area contributed by atoms with E-state index >= 15 is 0 Å². The van der Waals surface area contributed by atoms with Crippen LogP contribution in [0.15, 0.2) is 199 Å². The van der Waals surface area contributed by atoms with Crippen molar-refractivity contribution in [1.82, 2.24) is 5.32 Å². The summed E-state index contributed by atoms with van der Waals surface area (Å²) >= 11 is 0. The van der Waals surface area contributed by atoms with Crippen molar-refractivity contribution in [2.75, 3.05) is 0 Å². The van der Waals surface area contributed by atoms with E-state index in [2.05, 4.69) is 193 Å². The van der Waals surface area contributed by atoms with Gasteiger partial charge in [-0.15, -0.1) is 0 Å². The molecule has 2 heterocycles. The Labute approximate surface area is 314 Å². The molecular weight excluding hydrogens is 657 g/mol. The highest BCUT2D eigenvalue weighted by atomic mass is 16.5. The largest absolute Gasteiger partial charge is 0.457 e. The summed E-state index contributed by atoms with van der Waals surface area (Å²) in [4.78, 5) is 5.21. The van der Waals surface area contributed by atoms with Gasteiger partial charge in [0.15, 0.2) is 0 Å². The molecule has 8 aromatic rings. The highest BCUT2D eigenvalue weighted by molar-refractivity contribution is 6.13. The number of benzene rings is 8. The molecule has 0 amide bonds. The number of hydrogen-bond acceptors (Lipinski definition) is 3. The number of hydrogen-bond donors (Lipinski definition) is 1. The zero-order chi connectivity index (χ0) is 35.6. The van der Waals surface area contributed by atoms with Crippen LogP contribution in [0.2, 0.25) is 0 Å². The van der Waals surface area contributed by atoms with Gasteiger partial charge in [0.05, 0.1) is 11.1 Å². The smallest absolute Gasteiger partial charge is 0.145 e. The van der Waals surface area contributed by atoms with Gasteiger partial charge < -0.3 is 10.1 Å². The van der Waals surface area contributed by atoms with Crippen LogP contribution in [0.25, 0.3) is 38.7 Å². The van der Waals surface area contributed by atoms with E-state index in [0.29, 0.717) is 0 Å². The number of ether oxygens (including phenoxy) is 1. The molecule has 1 unspecified atom stereocenters. The first-order valence-electron chi connectivity index (χ1n) is 18.6. The minimum absolute atomic E-state index is 0.226. The second-order valence-corrected chi connectivity index (χ2v) is 14.3. The van der Waals surface area contributed by atoms with Crippen LogP contribution in [0.1, 0.15) is 45.1 Å². The quantitative estimate of drug-likeness (QED) is 0.199. The van der Waals surface area contributed by atoms with E-state index in [9.17, 15) is 0 Å². The second-order valence-electron chi connectivity index (χ2n) is 14.3. The maximum atomic E-state index is 6.62. The van der Waals surface area contributed by atoms with Crippen LogP contribution in [0.3, 0.4) is 0 Å². The molecule has 8 aromatic carbocycles. The normalized spacial score (nSPS) is 15.9. The third-order valence-corrected chi connectivity index (χ3v) is 11.4. The number of rotatable bonds is 4. The van der Waals surface area contributed by atoms with E-state index in [1.165, 1.54) is 49.7 Å². The Morgan fingerprint density at radius 1 is 0.481 bits per heavy atom. The summed E-state index contributed by atoms with van der Waals surface area (Å²) in [6.45, 7) is 0. The molecule has 0 saturated heterocycles. The standard InChI is InChI=1S/C51H34N2O/c1-3-14-35(15-4-1)45-32-46(36-16-5-2-6-17-36)53-50(52-45)37-25-23-33(24-26-37)38-27-29-40-44(31-38)51(43-30-28-34-13-7-8-18-39(34)49(40)43)41-19-9-11-21-47(41)54-48-22-12-10-20-42(48)51/h1-32,50,52H. The van der Waals surface area contributed by atoms with Crippen molar-refractivity contribution in [1.29, 1.82) is 0 Å². The first-order valence-corrected chi connectivity index (χ1v) is 18.6. The third-order valence-electron chi connectivity index (χ3n) is 11.4. The number of allylic oxidation sites excluding steroid dienone is 1. The Kier molecular flexibility index (Phi) is 6.83. The Morgan fingerprint density at radius 3 is 1.85 bits per heavy atom. The van der Waals surface area contributed by atoms with E-state index in [1.807, 2.05) is 6.07 Å². The predicted octanol–water partition coefficient (Wildman–Crippen LogP) is 12.1. The van der Waals surface area contributed by atoms with Crippen LogP contribution in [0, 0.1) is 0 Å². The molecule has 54 heavy (non-hydrogen) atoms. The molecule has 3 heteroatoms. The number of nitrogens with one attached hydrogen (secondary N) is 1. The molecule has 0 radical (unpaired) electrons. The monoisotopic (exact) mass is 690 g/mol. The van der Waals surface area contributed by atoms with Crippen molar-refractivity contribution >= 4 is 22.2 Å². The molecule has 1 aliphatic carbocycles. The maximum Gasteiger partial charge on any atom is 0.145 e. The number of para-hydroxylation sites is 2. The summed E-state index contributed by atoms with van der Waals surface area (Å²) in [6, 6.07) is 67.5. The van der Waals surface area contributed by atoms with Crippen LogP contribution in [0.4, 0.5) is 0 Å². The maximum absolute atomic E-state index is 6.62. The van der Waals surface area contributed by atoms with Crippen LogP contribution < -0.4 is 10.1 Å². The molecule has 1 N–H and O–H groups in total. The van der Waals surface area contributed by atoms with Gasteiger partial charge in [-0.2, -0.15) is 0 Å². The molecule has 3 aliphatic rings. The van der Waals surface area contributed by atoms with Crippen molar-refractivity contribution in [3.63, 3.8) is 0 Å². The summed E-state index contributed by atoms with van der Waals surface area (Å²) < 4.78 is 6.62. The molecule has 0 saturated carbocycles. The molecular formula is C51H34N2O. The first-order chi connectivity index (χ1) is 26.8. The lowest BCUT2D eigenvalue weighted by Crippen LogP contribution is -2.32. The summed E-state index contributed by atoms with van der Waals surface area (Å²) in [5.74, 6) is 1.80. The minimum atomic E-state index is -0.537. The van der Waals surface area contributed by atoms with E-state index < -0.39 is 5.41 Å². The lowest BCUT2D eigenvalue weighted by Gasteiger charge is -2.39. The molecule has 0 fully saturated rings. The topological polar surface area (TPSA) is 33.6 Å². The van der Waals surface area contributed by atoms with Gasteiger partial charge in [0.1, 0.15) is 17.7 Å². The van der Waals surface area contributed by atoms with Crippen LogP contribution in [0.5, 0.6) is 11.5 Å². The summed E-state index contributed by atoms with van der Waals surface area (Å²) in [7, 11) is 0. The average molecular weight is 691 g/mol. The predicted molar refractivity (Wildman–Crippen MR) is 220 cm³/mol. The zero-order valence-corrected chi connectivity index (χ0v) is 29.4. The minimum Gasteiger partial charge on any atom is -0.457 e. The Balaban J connectivity index is 1.05. The van der Waals surface area contributed by atoms with E-state index in [-0.39, 0.29) is 6.17 Å². The van der Waals surface area contributed by atoms with Gasteiger partial charge in [0, 0.05) is 16.8 Å². The SMILES string of the molecule is C1=C(c2ccccc2)NC(c2ccc(-c3ccc4c(c3)C3(c5ccccc5Oc5ccccc53)c3ccc5ccccc5c3-4)cc2)N=C1c1ccccc1. The van der Waals surface area contributed by atoms with Gasteiger partial charge in [-0.3, -0.25) is 4.99 Å². The fourth-order valence-electron chi connectivity index (χ4n) is 8.95. The van der Waals surface area contributed by atoms with Crippen LogP contribution >= 0.6 is 0 Å². The van der Waals surface area contributed by atoms with Gasteiger partial charge in [0.25, 0.3) is 0 Å². The molecule has 254 valence electrons. The summed E-state index contributed by atoms with van der Waals surface area (Å²) in [6.07, 6.45) is 1.93. The van der Waals surface area contributed by atoms with Gasteiger partial charge in [-0.25, -0.2) is 0 Å². The third kappa shape index (κ3) is 4.58. The molecule has 11 rings (SSSR count). The van der Waals surface area contributed by atoms with Crippen molar-refractivity contribution in [2.24, 2.45) is 4.99 Å². The number of fused-ring (bicyclic) bond motifs is 11. The summed E-state index contributed by atoms with van der Waals surface area (Å²) in [5.41, 5.74) is 14.7. The van der Waals surface area contributed by atoms with Gasteiger partial charge in [0.2, 0.25) is 0 Å². The highest BCUT2D eigenvalue weighted by Crippen LogP contribution is 2.63. The number of aliphatic imine (C=N–C) groups is 1. The lowest BCUT2D eigenvalue weighted by atomic mass is 9.66. The van der Waals surface area contributed by atoms with E-state index in [1.54, 1.807) is 0 Å². The zero-order valence-electron chi connectivity index (χ0n) is 29.4. The average Bonchev–Trinajstić information content (AvgIpc) is 3.54. The Hall–Kier alpha value is -6.97. The molecule has 0 aromatic heterocycles. The van der Waals surface area contributed by atoms with E-state index in [0.717, 1.165) is 45.2 Å². The van der Waals surface area contributed by atoms with Gasteiger partial charge in [-0.1, -0.05) is 170 Å². The molecule has 1 spiro atoms. The molecule has 2 aliphatic heterocycles. The second kappa shape index (κ2) is 12.0. The van der Waals surface area contributed by atoms with Crippen molar-refractivity contribution in [2.45, 2.75) is 11.6 Å². The number of nitrogens with zero attached hydrogens (tertiary/aromatic N) is 1. The van der Waals surface area contributed by atoms with Crippen LogP contribution in [-0.2, 0) is 5.41 Å². The lowest BCUT2D eigenvalue weighted by molar-refractivity contribution is 0.436.